The van der Waals surface area contributed by atoms with Gasteiger partial charge in [-0.15, -0.1) is 0 Å². The minimum atomic E-state index is -0.535. The van der Waals surface area contributed by atoms with E-state index in [1.54, 1.807) is 14.2 Å². The number of rotatable bonds is 15. The van der Waals surface area contributed by atoms with E-state index < -0.39 is 12.2 Å². The molecule has 0 bridgehead atoms. The Morgan fingerprint density at radius 1 is 0.650 bits per heavy atom. The SMILES string of the molecule is COCC(O)COCCCCCCOCC(O)COC. The third-order valence-corrected chi connectivity index (χ3v) is 2.67. The molecule has 0 aliphatic heterocycles. The molecule has 2 atom stereocenters. The van der Waals surface area contributed by atoms with Gasteiger partial charge in [-0.05, 0) is 12.8 Å². The monoisotopic (exact) mass is 294 g/mol. The maximum absolute atomic E-state index is 9.34. The first-order valence-electron chi connectivity index (χ1n) is 7.20. The third-order valence-electron chi connectivity index (χ3n) is 2.67. The van der Waals surface area contributed by atoms with Crippen molar-refractivity contribution in [1.29, 1.82) is 0 Å². The minimum Gasteiger partial charge on any atom is -0.388 e. The molecule has 0 aromatic heterocycles. The molecule has 0 radical (unpaired) electrons. The van der Waals surface area contributed by atoms with E-state index in [-0.39, 0.29) is 0 Å². The first-order valence-corrected chi connectivity index (χ1v) is 7.20. The van der Waals surface area contributed by atoms with Crippen LogP contribution >= 0.6 is 0 Å². The number of methoxy groups -OCH3 is 2. The lowest BCUT2D eigenvalue weighted by Crippen LogP contribution is -2.21. The van der Waals surface area contributed by atoms with Gasteiger partial charge in [-0.3, -0.25) is 0 Å². The Labute approximate surface area is 122 Å². The van der Waals surface area contributed by atoms with E-state index >= 15 is 0 Å². The van der Waals surface area contributed by atoms with Crippen LogP contribution in [0.2, 0.25) is 0 Å². The summed E-state index contributed by atoms with van der Waals surface area (Å²) in [6, 6.07) is 0. The van der Waals surface area contributed by atoms with E-state index in [4.69, 9.17) is 18.9 Å². The maximum atomic E-state index is 9.34. The molecule has 0 aliphatic rings. The number of unbranched alkanes of at least 4 members (excludes halogenated alkanes) is 3. The summed E-state index contributed by atoms with van der Waals surface area (Å²) in [5.74, 6) is 0. The summed E-state index contributed by atoms with van der Waals surface area (Å²) in [4.78, 5) is 0. The summed E-state index contributed by atoms with van der Waals surface area (Å²) >= 11 is 0. The molecule has 0 saturated heterocycles. The molecule has 2 unspecified atom stereocenters. The highest BCUT2D eigenvalue weighted by Crippen LogP contribution is 2.01. The maximum Gasteiger partial charge on any atom is 0.101 e. The number of aliphatic hydroxyl groups is 2. The average Bonchev–Trinajstić information content (AvgIpc) is 2.41. The van der Waals surface area contributed by atoms with Gasteiger partial charge in [0.05, 0.1) is 26.4 Å². The van der Waals surface area contributed by atoms with Gasteiger partial charge in [0, 0.05) is 27.4 Å². The molecule has 6 heteroatoms. The molecule has 0 aromatic rings. The standard InChI is InChI=1S/C14H30O6/c1-17-9-13(15)11-19-7-5-3-4-6-8-20-12-14(16)10-18-2/h13-16H,3-12H2,1-2H3. The van der Waals surface area contributed by atoms with Gasteiger partial charge in [0.2, 0.25) is 0 Å². The van der Waals surface area contributed by atoms with Gasteiger partial charge in [-0.25, -0.2) is 0 Å². The molecular weight excluding hydrogens is 264 g/mol. The molecule has 20 heavy (non-hydrogen) atoms. The second-order valence-corrected chi connectivity index (χ2v) is 4.78. The Hall–Kier alpha value is -0.240. The first kappa shape index (κ1) is 19.8. The highest BCUT2D eigenvalue weighted by molar-refractivity contribution is 4.52. The zero-order valence-corrected chi connectivity index (χ0v) is 12.8. The van der Waals surface area contributed by atoms with E-state index in [9.17, 15) is 10.2 Å². The molecule has 0 spiro atoms. The van der Waals surface area contributed by atoms with Crippen LogP contribution in [-0.2, 0) is 18.9 Å². The summed E-state index contributed by atoms with van der Waals surface area (Å²) in [6.45, 7) is 2.60. The molecule has 0 saturated carbocycles. The molecule has 0 aliphatic carbocycles. The summed E-state index contributed by atoms with van der Waals surface area (Å²) in [6.07, 6.45) is 3.03. The van der Waals surface area contributed by atoms with E-state index in [1.807, 2.05) is 0 Å². The van der Waals surface area contributed by atoms with Crippen LogP contribution in [0.25, 0.3) is 0 Å². The topological polar surface area (TPSA) is 77.4 Å². The van der Waals surface area contributed by atoms with E-state index in [1.165, 1.54) is 0 Å². The van der Waals surface area contributed by atoms with E-state index in [0.717, 1.165) is 25.7 Å². The fraction of sp³-hybridized carbons (Fsp3) is 1.00. The van der Waals surface area contributed by atoms with Crippen molar-refractivity contribution in [3.05, 3.63) is 0 Å². The predicted molar refractivity (Wildman–Crippen MR) is 75.9 cm³/mol. The van der Waals surface area contributed by atoms with Crippen molar-refractivity contribution in [2.45, 2.75) is 37.9 Å². The Balaban J connectivity index is 3.10. The van der Waals surface area contributed by atoms with Crippen molar-refractivity contribution in [1.82, 2.24) is 0 Å². The van der Waals surface area contributed by atoms with Crippen LogP contribution in [0.3, 0.4) is 0 Å². The van der Waals surface area contributed by atoms with Crippen LogP contribution in [-0.4, -0.2) is 76.3 Å². The molecule has 0 heterocycles. The van der Waals surface area contributed by atoms with Gasteiger partial charge in [0.15, 0.2) is 0 Å². The van der Waals surface area contributed by atoms with Crippen molar-refractivity contribution in [3.8, 4) is 0 Å². The predicted octanol–water partition coefficient (Wildman–Crippen LogP) is 0.595. The fourth-order valence-corrected chi connectivity index (χ4v) is 1.68. The number of ether oxygens (including phenoxy) is 4. The number of aliphatic hydroxyl groups excluding tert-OH is 2. The molecule has 2 N–H and O–H groups in total. The van der Waals surface area contributed by atoms with Gasteiger partial charge < -0.3 is 29.2 Å². The van der Waals surface area contributed by atoms with Gasteiger partial charge in [-0.1, -0.05) is 12.8 Å². The lowest BCUT2D eigenvalue weighted by atomic mass is 10.2. The van der Waals surface area contributed by atoms with Crippen LogP contribution in [0.4, 0.5) is 0 Å². The Bertz CT molecular complexity index is 171. The number of hydrogen-bond acceptors (Lipinski definition) is 6. The summed E-state index contributed by atoms with van der Waals surface area (Å²) < 4.78 is 20.3. The van der Waals surface area contributed by atoms with Crippen molar-refractivity contribution in [2.24, 2.45) is 0 Å². The lowest BCUT2D eigenvalue weighted by Gasteiger charge is -2.10. The Morgan fingerprint density at radius 3 is 1.40 bits per heavy atom. The van der Waals surface area contributed by atoms with E-state index in [2.05, 4.69) is 0 Å². The first-order chi connectivity index (χ1) is 9.70. The van der Waals surface area contributed by atoms with Gasteiger partial charge in [-0.2, -0.15) is 0 Å². The van der Waals surface area contributed by atoms with Gasteiger partial charge >= 0.3 is 0 Å². The quantitative estimate of drug-likeness (QED) is 0.431. The van der Waals surface area contributed by atoms with Crippen LogP contribution in [0.1, 0.15) is 25.7 Å². The molecule has 0 rings (SSSR count). The van der Waals surface area contributed by atoms with Gasteiger partial charge in [0.25, 0.3) is 0 Å². The van der Waals surface area contributed by atoms with E-state index in [0.29, 0.717) is 39.6 Å². The van der Waals surface area contributed by atoms with Crippen molar-refractivity contribution < 1.29 is 29.2 Å². The molecule has 0 fully saturated rings. The lowest BCUT2D eigenvalue weighted by molar-refractivity contribution is -0.00893. The van der Waals surface area contributed by atoms with Crippen LogP contribution < -0.4 is 0 Å². The smallest absolute Gasteiger partial charge is 0.101 e. The normalized spacial score (nSPS) is 14.4. The molecular formula is C14H30O6. The van der Waals surface area contributed by atoms with Crippen LogP contribution in [0, 0.1) is 0 Å². The van der Waals surface area contributed by atoms with Crippen LogP contribution in [0.5, 0.6) is 0 Å². The van der Waals surface area contributed by atoms with Crippen molar-refractivity contribution in [3.63, 3.8) is 0 Å². The second-order valence-electron chi connectivity index (χ2n) is 4.78. The minimum absolute atomic E-state index is 0.312. The third kappa shape index (κ3) is 14.2. The van der Waals surface area contributed by atoms with Crippen LogP contribution in [0.15, 0.2) is 0 Å². The second kappa shape index (κ2) is 15.2. The number of hydrogen-bond donors (Lipinski definition) is 2. The fourth-order valence-electron chi connectivity index (χ4n) is 1.68. The summed E-state index contributed by atoms with van der Waals surface area (Å²) in [7, 11) is 3.11. The van der Waals surface area contributed by atoms with Gasteiger partial charge in [0.1, 0.15) is 12.2 Å². The molecule has 0 amide bonds. The average molecular weight is 294 g/mol. The molecule has 0 aromatic carbocycles. The van der Waals surface area contributed by atoms with Crippen molar-refractivity contribution >= 4 is 0 Å². The van der Waals surface area contributed by atoms with Crippen molar-refractivity contribution in [2.75, 3.05) is 53.9 Å². The highest BCUT2D eigenvalue weighted by Gasteiger charge is 2.03. The molecule has 122 valence electrons. The zero-order valence-electron chi connectivity index (χ0n) is 12.8. The zero-order chi connectivity index (χ0) is 15.1. The largest absolute Gasteiger partial charge is 0.388 e. The Morgan fingerprint density at radius 2 is 1.05 bits per heavy atom. The summed E-state index contributed by atoms with van der Waals surface area (Å²) in [5.41, 5.74) is 0. The highest BCUT2D eigenvalue weighted by atomic mass is 16.5. The summed E-state index contributed by atoms with van der Waals surface area (Å²) in [5, 5.41) is 18.7. The molecule has 6 nitrogen and oxygen atoms in total. The Kier molecular flexibility index (Phi) is 15.0.